The van der Waals surface area contributed by atoms with Gasteiger partial charge in [-0.05, 0) is 37.1 Å². The summed E-state index contributed by atoms with van der Waals surface area (Å²) in [7, 11) is 0. The molecule has 1 fully saturated rings. The van der Waals surface area contributed by atoms with E-state index in [1.54, 1.807) is 13.8 Å². The van der Waals surface area contributed by atoms with Crippen molar-refractivity contribution in [2.24, 2.45) is 0 Å². The molecule has 0 aliphatic carbocycles. The van der Waals surface area contributed by atoms with E-state index in [1.807, 2.05) is 12.1 Å². The first-order chi connectivity index (χ1) is 14.6. The zero-order chi connectivity index (χ0) is 20.9. The predicted molar refractivity (Wildman–Crippen MR) is 117 cm³/mol. The zero-order valence-electron chi connectivity index (χ0n) is 17.6. The number of aryl methyl sites for hydroxylation is 2. The first-order valence-corrected chi connectivity index (χ1v) is 10.4. The largest absolute Gasteiger partial charge is 0.361 e. The van der Waals surface area contributed by atoms with Crippen LogP contribution in [0.4, 0.5) is 5.69 Å². The summed E-state index contributed by atoms with van der Waals surface area (Å²) in [6.45, 7) is 9.77. The molecule has 1 aliphatic heterocycles. The molecule has 3 aromatic rings. The van der Waals surface area contributed by atoms with Crippen molar-refractivity contribution >= 4 is 11.6 Å². The summed E-state index contributed by atoms with van der Waals surface area (Å²) < 4.78 is 5.08. The maximum atomic E-state index is 12.5. The fourth-order valence-electron chi connectivity index (χ4n) is 3.90. The molecule has 2 heterocycles. The monoisotopic (exact) mass is 404 g/mol. The number of amides is 1. The molecule has 1 N–H and O–H groups in total. The zero-order valence-corrected chi connectivity index (χ0v) is 17.6. The third kappa shape index (κ3) is 4.96. The van der Waals surface area contributed by atoms with Crippen molar-refractivity contribution in [1.82, 2.24) is 15.0 Å². The minimum absolute atomic E-state index is 0.187. The minimum Gasteiger partial charge on any atom is -0.361 e. The Kier molecular flexibility index (Phi) is 6.26. The Bertz CT molecular complexity index is 955. The molecule has 30 heavy (non-hydrogen) atoms. The van der Waals surface area contributed by atoms with Crippen molar-refractivity contribution in [2.75, 3.05) is 31.5 Å². The fourth-order valence-corrected chi connectivity index (χ4v) is 3.90. The predicted octanol–water partition coefficient (Wildman–Crippen LogP) is 3.86. The summed E-state index contributed by atoms with van der Waals surface area (Å²) in [4.78, 5) is 17.5. The molecule has 0 radical (unpaired) electrons. The average Bonchev–Trinajstić information content (AvgIpc) is 3.10. The molecule has 0 unspecified atom stereocenters. The number of carbonyl (C=O) groups excluding carboxylic acids is 1. The van der Waals surface area contributed by atoms with Gasteiger partial charge < -0.3 is 9.84 Å². The smallest absolute Gasteiger partial charge is 0.261 e. The van der Waals surface area contributed by atoms with E-state index in [0.29, 0.717) is 17.0 Å². The molecule has 1 saturated heterocycles. The maximum absolute atomic E-state index is 12.5. The summed E-state index contributed by atoms with van der Waals surface area (Å²) in [5.41, 5.74) is 4.51. The van der Waals surface area contributed by atoms with E-state index in [1.165, 1.54) is 11.1 Å². The van der Waals surface area contributed by atoms with Gasteiger partial charge in [0, 0.05) is 45.0 Å². The Morgan fingerprint density at radius 3 is 2.00 bits per heavy atom. The topological polar surface area (TPSA) is 61.6 Å². The summed E-state index contributed by atoms with van der Waals surface area (Å²) >= 11 is 0. The molecule has 156 valence electrons. The van der Waals surface area contributed by atoms with Crippen LogP contribution in [-0.2, 0) is 13.1 Å². The maximum Gasteiger partial charge on any atom is 0.261 e. The van der Waals surface area contributed by atoms with Crippen LogP contribution in [0.1, 0.15) is 32.9 Å². The van der Waals surface area contributed by atoms with E-state index in [2.05, 4.69) is 62.7 Å². The Labute approximate surface area is 177 Å². The number of carbonyl (C=O) groups is 1. The van der Waals surface area contributed by atoms with Gasteiger partial charge in [0.1, 0.15) is 11.3 Å². The van der Waals surface area contributed by atoms with Crippen LogP contribution in [0.2, 0.25) is 0 Å². The van der Waals surface area contributed by atoms with Gasteiger partial charge in [0.05, 0.1) is 5.69 Å². The first kappa shape index (κ1) is 20.3. The quantitative estimate of drug-likeness (QED) is 0.676. The second kappa shape index (κ2) is 9.24. The van der Waals surface area contributed by atoms with Crippen molar-refractivity contribution < 1.29 is 9.32 Å². The van der Waals surface area contributed by atoms with E-state index < -0.39 is 0 Å². The Balaban J connectivity index is 1.26. The average molecular weight is 405 g/mol. The van der Waals surface area contributed by atoms with Gasteiger partial charge in [-0.1, -0.05) is 47.6 Å². The summed E-state index contributed by atoms with van der Waals surface area (Å²) in [5.74, 6) is 0.349. The Hall–Kier alpha value is -2.96. The van der Waals surface area contributed by atoms with Crippen LogP contribution in [0, 0.1) is 13.8 Å². The lowest BCUT2D eigenvalue weighted by Gasteiger charge is -2.34. The highest BCUT2D eigenvalue weighted by Gasteiger charge is 2.19. The molecule has 0 atom stereocenters. The van der Waals surface area contributed by atoms with E-state index in [-0.39, 0.29) is 5.91 Å². The van der Waals surface area contributed by atoms with Gasteiger partial charge in [0.15, 0.2) is 0 Å². The third-order valence-electron chi connectivity index (χ3n) is 5.59. The SMILES string of the molecule is Cc1noc(C)c1C(=O)Nc1ccc(CN2CCN(Cc3ccccc3)CC2)cc1. The molecule has 0 bridgehead atoms. The third-order valence-corrected chi connectivity index (χ3v) is 5.59. The molecular formula is C24H28N4O2. The lowest BCUT2D eigenvalue weighted by atomic mass is 10.1. The highest BCUT2D eigenvalue weighted by Crippen LogP contribution is 2.17. The summed E-state index contributed by atoms with van der Waals surface area (Å²) in [6.07, 6.45) is 0. The van der Waals surface area contributed by atoms with Crippen LogP contribution in [-0.4, -0.2) is 47.0 Å². The number of hydrogen-bond donors (Lipinski definition) is 1. The van der Waals surface area contributed by atoms with Crippen molar-refractivity contribution in [3.63, 3.8) is 0 Å². The van der Waals surface area contributed by atoms with Gasteiger partial charge in [-0.15, -0.1) is 0 Å². The van der Waals surface area contributed by atoms with E-state index in [4.69, 9.17) is 4.52 Å². The summed E-state index contributed by atoms with van der Waals surface area (Å²) in [6, 6.07) is 18.7. The minimum atomic E-state index is -0.187. The molecule has 0 spiro atoms. The molecular weight excluding hydrogens is 376 g/mol. The second-order valence-corrected chi connectivity index (χ2v) is 7.89. The van der Waals surface area contributed by atoms with Crippen LogP contribution in [0.15, 0.2) is 59.1 Å². The number of anilines is 1. The van der Waals surface area contributed by atoms with Crippen LogP contribution >= 0.6 is 0 Å². The molecule has 1 aliphatic rings. The normalized spacial score (nSPS) is 15.3. The van der Waals surface area contributed by atoms with Crippen LogP contribution in [0.3, 0.4) is 0 Å². The molecule has 1 amide bonds. The second-order valence-electron chi connectivity index (χ2n) is 7.89. The van der Waals surface area contributed by atoms with E-state index >= 15 is 0 Å². The molecule has 4 rings (SSSR count). The lowest BCUT2D eigenvalue weighted by Crippen LogP contribution is -2.45. The highest BCUT2D eigenvalue weighted by atomic mass is 16.5. The fraction of sp³-hybridized carbons (Fsp3) is 0.333. The number of piperazine rings is 1. The number of nitrogens with zero attached hydrogens (tertiary/aromatic N) is 3. The molecule has 0 saturated carbocycles. The lowest BCUT2D eigenvalue weighted by molar-refractivity contribution is 0.102. The molecule has 6 nitrogen and oxygen atoms in total. The Morgan fingerprint density at radius 2 is 1.47 bits per heavy atom. The van der Waals surface area contributed by atoms with Crippen molar-refractivity contribution in [3.05, 3.63) is 82.7 Å². The number of rotatable bonds is 6. The van der Waals surface area contributed by atoms with Crippen molar-refractivity contribution in [3.8, 4) is 0 Å². The van der Waals surface area contributed by atoms with Crippen LogP contribution in [0.25, 0.3) is 0 Å². The molecule has 1 aromatic heterocycles. The molecule has 2 aromatic carbocycles. The highest BCUT2D eigenvalue weighted by molar-refractivity contribution is 6.05. The van der Waals surface area contributed by atoms with Gasteiger partial charge >= 0.3 is 0 Å². The van der Waals surface area contributed by atoms with Crippen molar-refractivity contribution in [1.29, 1.82) is 0 Å². The van der Waals surface area contributed by atoms with Gasteiger partial charge in [-0.3, -0.25) is 14.6 Å². The first-order valence-electron chi connectivity index (χ1n) is 10.4. The van der Waals surface area contributed by atoms with Crippen molar-refractivity contribution in [2.45, 2.75) is 26.9 Å². The number of benzene rings is 2. The van der Waals surface area contributed by atoms with Crippen LogP contribution in [0.5, 0.6) is 0 Å². The number of aromatic nitrogens is 1. The van der Waals surface area contributed by atoms with Crippen LogP contribution < -0.4 is 5.32 Å². The number of hydrogen-bond acceptors (Lipinski definition) is 5. The molecule has 6 heteroatoms. The van der Waals surface area contributed by atoms with Gasteiger partial charge in [0.2, 0.25) is 0 Å². The Morgan fingerprint density at radius 1 is 0.900 bits per heavy atom. The summed E-state index contributed by atoms with van der Waals surface area (Å²) in [5, 5.41) is 6.77. The van der Waals surface area contributed by atoms with E-state index in [9.17, 15) is 4.79 Å². The van der Waals surface area contributed by atoms with Gasteiger partial charge in [-0.25, -0.2) is 0 Å². The van der Waals surface area contributed by atoms with Gasteiger partial charge in [-0.2, -0.15) is 0 Å². The van der Waals surface area contributed by atoms with E-state index in [0.717, 1.165) is 45.0 Å². The van der Waals surface area contributed by atoms with Gasteiger partial charge in [0.25, 0.3) is 5.91 Å². The number of nitrogens with one attached hydrogen (secondary N) is 1. The standard InChI is InChI=1S/C24H28N4O2/c1-18-23(19(2)30-26-18)24(29)25-22-10-8-21(9-11-22)17-28-14-12-27(13-15-28)16-20-6-4-3-5-7-20/h3-11H,12-17H2,1-2H3,(H,25,29).